The van der Waals surface area contributed by atoms with Crippen LogP contribution in [0.25, 0.3) is 0 Å². The number of carbonyl (C=O) groups excluding carboxylic acids is 3. The first-order valence-electron chi connectivity index (χ1n) is 9.84. The molecule has 0 aliphatic carbocycles. The van der Waals surface area contributed by atoms with Gasteiger partial charge in [0.1, 0.15) is 17.8 Å². The molecular formula is C23H26ClN3O4. The summed E-state index contributed by atoms with van der Waals surface area (Å²) in [7, 11) is 1.46. The van der Waals surface area contributed by atoms with E-state index in [1.54, 1.807) is 19.1 Å². The molecule has 0 saturated carbocycles. The maximum absolute atomic E-state index is 13.1. The van der Waals surface area contributed by atoms with E-state index in [0.717, 1.165) is 10.5 Å². The predicted molar refractivity (Wildman–Crippen MR) is 119 cm³/mol. The number of rotatable bonds is 5. The van der Waals surface area contributed by atoms with Gasteiger partial charge in [0.15, 0.2) is 0 Å². The van der Waals surface area contributed by atoms with E-state index in [1.807, 2.05) is 24.3 Å². The van der Waals surface area contributed by atoms with E-state index in [4.69, 9.17) is 16.3 Å². The van der Waals surface area contributed by atoms with Gasteiger partial charge < -0.3 is 15.4 Å². The molecule has 8 heteroatoms. The van der Waals surface area contributed by atoms with Crippen molar-refractivity contribution in [2.45, 2.75) is 38.6 Å². The van der Waals surface area contributed by atoms with Gasteiger partial charge in [0.25, 0.3) is 5.91 Å². The zero-order valence-electron chi connectivity index (χ0n) is 18.2. The number of methoxy groups -OCH3 is 1. The molecule has 1 aliphatic heterocycles. The summed E-state index contributed by atoms with van der Waals surface area (Å²) in [6, 6.07) is 11.7. The lowest BCUT2D eigenvalue weighted by molar-refractivity contribution is -0.133. The molecule has 0 aromatic heterocycles. The zero-order chi connectivity index (χ0) is 23.0. The van der Waals surface area contributed by atoms with Crippen molar-refractivity contribution in [3.8, 4) is 5.75 Å². The first kappa shape index (κ1) is 22.6. The fraction of sp³-hybridized carbons (Fsp3) is 0.348. The summed E-state index contributed by atoms with van der Waals surface area (Å²) in [6.45, 7) is 7.50. The van der Waals surface area contributed by atoms with Crippen molar-refractivity contribution in [3.63, 3.8) is 0 Å². The third kappa shape index (κ3) is 4.51. The van der Waals surface area contributed by atoms with E-state index in [9.17, 15) is 14.4 Å². The van der Waals surface area contributed by atoms with E-state index in [0.29, 0.717) is 22.0 Å². The summed E-state index contributed by atoms with van der Waals surface area (Å²) in [5.41, 5.74) is 0.837. The molecule has 0 bridgehead atoms. The highest BCUT2D eigenvalue weighted by Gasteiger charge is 2.49. The SMILES string of the molecule is COc1ccc(Cl)cc1NC(=O)CN1C(=O)NC(C)(c2ccc(C(C)(C)C)cc2)C1=O. The van der Waals surface area contributed by atoms with Crippen LogP contribution >= 0.6 is 11.6 Å². The molecule has 2 aromatic carbocycles. The normalized spacial score (nSPS) is 18.7. The van der Waals surface area contributed by atoms with Crippen LogP contribution in [0.15, 0.2) is 42.5 Å². The summed E-state index contributed by atoms with van der Waals surface area (Å²) in [4.78, 5) is 39.1. The second kappa shape index (κ2) is 8.23. The van der Waals surface area contributed by atoms with Crippen molar-refractivity contribution in [3.05, 3.63) is 58.6 Å². The first-order chi connectivity index (χ1) is 14.5. The number of carbonyl (C=O) groups is 3. The van der Waals surface area contributed by atoms with Crippen LogP contribution in [0, 0.1) is 0 Å². The van der Waals surface area contributed by atoms with Crippen molar-refractivity contribution >= 4 is 35.1 Å². The lowest BCUT2D eigenvalue weighted by atomic mass is 9.84. The highest BCUT2D eigenvalue weighted by Crippen LogP contribution is 2.32. The van der Waals surface area contributed by atoms with Crippen LogP contribution in [0.3, 0.4) is 0 Å². The summed E-state index contributed by atoms with van der Waals surface area (Å²) >= 11 is 5.98. The van der Waals surface area contributed by atoms with Crippen molar-refractivity contribution in [2.24, 2.45) is 0 Å². The molecule has 1 saturated heterocycles. The fourth-order valence-corrected chi connectivity index (χ4v) is 3.62. The van der Waals surface area contributed by atoms with E-state index < -0.39 is 29.9 Å². The number of amides is 4. The van der Waals surface area contributed by atoms with Gasteiger partial charge in [-0.2, -0.15) is 0 Å². The Hall–Kier alpha value is -3.06. The van der Waals surface area contributed by atoms with Gasteiger partial charge in [-0.25, -0.2) is 4.79 Å². The molecule has 1 unspecified atom stereocenters. The summed E-state index contributed by atoms with van der Waals surface area (Å²) in [5.74, 6) is -0.621. The summed E-state index contributed by atoms with van der Waals surface area (Å²) in [5, 5.41) is 5.77. The maximum atomic E-state index is 13.1. The van der Waals surface area contributed by atoms with Gasteiger partial charge in [-0.3, -0.25) is 14.5 Å². The van der Waals surface area contributed by atoms with Gasteiger partial charge in [0.05, 0.1) is 12.8 Å². The maximum Gasteiger partial charge on any atom is 0.325 e. The van der Waals surface area contributed by atoms with Gasteiger partial charge in [-0.15, -0.1) is 0 Å². The van der Waals surface area contributed by atoms with Crippen LogP contribution in [0.1, 0.15) is 38.8 Å². The number of halogens is 1. The number of hydrogen-bond acceptors (Lipinski definition) is 4. The van der Waals surface area contributed by atoms with Crippen LogP contribution in [0.2, 0.25) is 5.02 Å². The molecule has 2 aromatic rings. The molecule has 0 spiro atoms. The Balaban J connectivity index is 1.77. The molecule has 3 rings (SSSR count). The lowest BCUT2D eigenvalue weighted by Gasteiger charge is -2.24. The Labute approximate surface area is 186 Å². The van der Waals surface area contributed by atoms with Crippen molar-refractivity contribution < 1.29 is 19.1 Å². The third-order valence-electron chi connectivity index (χ3n) is 5.34. The quantitative estimate of drug-likeness (QED) is 0.682. The molecule has 1 heterocycles. The van der Waals surface area contributed by atoms with Gasteiger partial charge in [0, 0.05) is 5.02 Å². The first-order valence-corrected chi connectivity index (χ1v) is 10.2. The van der Waals surface area contributed by atoms with Crippen LogP contribution in [-0.4, -0.2) is 36.4 Å². The Morgan fingerprint density at radius 1 is 1.16 bits per heavy atom. The topological polar surface area (TPSA) is 87.7 Å². The minimum absolute atomic E-state index is 0.0338. The number of anilines is 1. The van der Waals surface area contributed by atoms with E-state index in [2.05, 4.69) is 31.4 Å². The lowest BCUT2D eigenvalue weighted by Crippen LogP contribution is -2.42. The minimum Gasteiger partial charge on any atom is -0.495 e. The van der Waals surface area contributed by atoms with Gasteiger partial charge >= 0.3 is 6.03 Å². The highest BCUT2D eigenvalue weighted by atomic mass is 35.5. The molecule has 31 heavy (non-hydrogen) atoms. The Bertz CT molecular complexity index is 1030. The van der Waals surface area contributed by atoms with Gasteiger partial charge in [-0.1, -0.05) is 56.6 Å². The average molecular weight is 444 g/mol. The van der Waals surface area contributed by atoms with Crippen molar-refractivity contribution in [2.75, 3.05) is 19.0 Å². The number of benzene rings is 2. The number of nitrogens with one attached hydrogen (secondary N) is 2. The Kier molecular flexibility index (Phi) is 6.00. The summed E-state index contributed by atoms with van der Waals surface area (Å²) < 4.78 is 5.20. The molecule has 7 nitrogen and oxygen atoms in total. The standard InChI is InChI=1S/C23H26ClN3O4/c1-22(2,3)14-6-8-15(9-7-14)23(4)20(29)27(21(30)26-23)13-19(28)25-17-12-16(24)10-11-18(17)31-5/h6-12H,13H2,1-5H3,(H,25,28)(H,26,30). The zero-order valence-corrected chi connectivity index (χ0v) is 19.0. The monoisotopic (exact) mass is 443 g/mol. The largest absolute Gasteiger partial charge is 0.495 e. The number of ether oxygens (including phenoxy) is 1. The second-order valence-corrected chi connectivity index (χ2v) is 9.10. The molecular weight excluding hydrogens is 418 g/mol. The minimum atomic E-state index is -1.25. The van der Waals surface area contributed by atoms with E-state index in [-0.39, 0.29) is 5.41 Å². The highest BCUT2D eigenvalue weighted by molar-refractivity contribution is 6.31. The fourth-order valence-electron chi connectivity index (χ4n) is 3.45. The van der Waals surface area contributed by atoms with Crippen LogP contribution in [0.5, 0.6) is 5.75 Å². The number of hydrogen-bond donors (Lipinski definition) is 2. The molecule has 1 atom stereocenters. The van der Waals surface area contributed by atoms with Gasteiger partial charge in [-0.05, 0) is 41.7 Å². The van der Waals surface area contributed by atoms with E-state index in [1.165, 1.54) is 13.2 Å². The predicted octanol–water partition coefficient (Wildman–Crippen LogP) is 4.05. The van der Waals surface area contributed by atoms with Crippen LogP contribution in [-0.2, 0) is 20.5 Å². The Morgan fingerprint density at radius 2 is 1.81 bits per heavy atom. The van der Waals surface area contributed by atoms with Gasteiger partial charge in [0.2, 0.25) is 5.91 Å². The van der Waals surface area contributed by atoms with Crippen molar-refractivity contribution in [1.82, 2.24) is 10.2 Å². The number of urea groups is 1. The third-order valence-corrected chi connectivity index (χ3v) is 5.58. The smallest absolute Gasteiger partial charge is 0.325 e. The van der Waals surface area contributed by atoms with E-state index >= 15 is 0 Å². The summed E-state index contributed by atoms with van der Waals surface area (Å²) in [6.07, 6.45) is 0. The molecule has 1 fully saturated rings. The van der Waals surface area contributed by atoms with Crippen LogP contribution < -0.4 is 15.4 Å². The van der Waals surface area contributed by atoms with Crippen molar-refractivity contribution in [1.29, 1.82) is 0 Å². The number of nitrogens with zero attached hydrogens (tertiary/aromatic N) is 1. The Morgan fingerprint density at radius 3 is 2.39 bits per heavy atom. The second-order valence-electron chi connectivity index (χ2n) is 8.67. The molecule has 164 valence electrons. The average Bonchev–Trinajstić information content (AvgIpc) is 2.91. The molecule has 2 N–H and O–H groups in total. The molecule has 1 aliphatic rings. The molecule has 4 amide bonds. The molecule has 0 radical (unpaired) electrons. The number of imide groups is 1. The van der Waals surface area contributed by atoms with Crippen LogP contribution in [0.4, 0.5) is 10.5 Å².